The van der Waals surface area contributed by atoms with Gasteiger partial charge in [0.25, 0.3) is 11.8 Å². The number of fused-ring (bicyclic) bond motifs is 1. The molecule has 1 saturated carbocycles. The van der Waals surface area contributed by atoms with Gasteiger partial charge in [0.15, 0.2) is 11.5 Å². The Morgan fingerprint density at radius 3 is 2.39 bits per heavy atom. The summed E-state index contributed by atoms with van der Waals surface area (Å²) >= 11 is 0. The van der Waals surface area contributed by atoms with Crippen LogP contribution < -0.4 is 19.5 Å². The number of rotatable bonds is 6. The number of anilines is 1. The van der Waals surface area contributed by atoms with E-state index in [-0.39, 0.29) is 24.6 Å². The summed E-state index contributed by atoms with van der Waals surface area (Å²) in [5, 5.41) is 3.22. The highest BCUT2D eigenvalue weighted by Gasteiger charge is 2.43. The molecule has 0 spiro atoms. The van der Waals surface area contributed by atoms with E-state index in [4.69, 9.17) is 14.2 Å². The molecule has 3 aliphatic rings. The molecule has 0 atom stereocenters. The van der Waals surface area contributed by atoms with Crippen molar-refractivity contribution >= 4 is 23.1 Å². The first kappa shape index (κ1) is 21.4. The number of carbonyl (C=O) groups excluding carboxylic acids is 2. The van der Waals surface area contributed by atoms with Crippen LogP contribution in [-0.4, -0.2) is 36.2 Å². The minimum Gasteiger partial charge on any atom is -0.494 e. The van der Waals surface area contributed by atoms with Gasteiger partial charge in [-0.3, -0.25) is 14.5 Å². The molecule has 2 amide bonds. The molecule has 1 N–H and O–H groups in total. The maximum absolute atomic E-state index is 13.7. The minimum atomic E-state index is -0.270. The van der Waals surface area contributed by atoms with Crippen LogP contribution in [0.25, 0.3) is 5.57 Å². The number of nitrogens with one attached hydrogen (secondary N) is 1. The van der Waals surface area contributed by atoms with E-state index in [0.717, 1.165) is 44.3 Å². The van der Waals surface area contributed by atoms with Crippen LogP contribution in [0.15, 0.2) is 48.2 Å². The molecule has 5 rings (SSSR count). The predicted molar refractivity (Wildman–Crippen MR) is 124 cm³/mol. The second-order valence-corrected chi connectivity index (χ2v) is 8.53. The maximum atomic E-state index is 13.7. The smallest absolute Gasteiger partial charge is 0.278 e. The molecule has 0 saturated heterocycles. The highest BCUT2D eigenvalue weighted by Crippen LogP contribution is 2.38. The Kier molecular flexibility index (Phi) is 5.94. The standard InChI is InChI=1S/C26H28N2O5/c1-2-31-20-12-9-17(10-13-20)23-24(27-18-11-14-21-22(15-18)33-16-32-21)26(30)28(25(23)29)19-7-5-3-4-6-8-19/h9-15,19,27H,2-8,16H2,1H3. The third kappa shape index (κ3) is 4.15. The molecule has 2 heterocycles. The molecule has 2 aliphatic heterocycles. The highest BCUT2D eigenvalue weighted by atomic mass is 16.7. The number of imide groups is 1. The van der Waals surface area contributed by atoms with Crippen molar-refractivity contribution in [1.29, 1.82) is 0 Å². The van der Waals surface area contributed by atoms with Crippen LogP contribution in [-0.2, 0) is 9.59 Å². The molecule has 33 heavy (non-hydrogen) atoms. The Morgan fingerprint density at radius 2 is 1.67 bits per heavy atom. The summed E-state index contributed by atoms with van der Waals surface area (Å²) in [6, 6.07) is 12.7. The Labute approximate surface area is 193 Å². The molecular formula is C26H28N2O5. The van der Waals surface area contributed by atoms with Gasteiger partial charge in [0, 0.05) is 17.8 Å². The van der Waals surface area contributed by atoms with E-state index in [2.05, 4.69) is 5.32 Å². The van der Waals surface area contributed by atoms with E-state index in [1.165, 1.54) is 4.90 Å². The molecule has 1 aliphatic carbocycles. The van der Waals surface area contributed by atoms with Crippen LogP contribution >= 0.6 is 0 Å². The van der Waals surface area contributed by atoms with Crippen LogP contribution in [0.4, 0.5) is 5.69 Å². The lowest BCUT2D eigenvalue weighted by molar-refractivity contribution is -0.139. The minimum absolute atomic E-state index is 0.0683. The van der Waals surface area contributed by atoms with E-state index in [9.17, 15) is 9.59 Å². The number of hydrogen-bond donors (Lipinski definition) is 1. The topological polar surface area (TPSA) is 77.1 Å². The monoisotopic (exact) mass is 448 g/mol. The van der Waals surface area contributed by atoms with Crippen LogP contribution in [0.1, 0.15) is 51.0 Å². The van der Waals surface area contributed by atoms with Crippen molar-refractivity contribution in [3.8, 4) is 17.2 Å². The number of hydrogen-bond acceptors (Lipinski definition) is 6. The van der Waals surface area contributed by atoms with E-state index in [0.29, 0.717) is 40.6 Å². The largest absolute Gasteiger partial charge is 0.494 e. The molecule has 7 nitrogen and oxygen atoms in total. The van der Waals surface area contributed by atoms with Gasteiger partial charge < -0.3 is 19.5 Å². The van der Waals surface area contributed by atoms with Gasteiger partial charge >= 0.3 is 0 Å². The molecule has 0 aromatic heterocycles. The molecule has 2 aromatic carbocycles. The molecule has 7 heteroatoms. The first-order valence-corrected chi connectivity index (χ1v) is 11.7. The summed E-state index contributed by atoms with van der Waals surface area (Å²) in [5.74, 6) is 1.49. The van der Waals surface area contributed by atoms with Crippen LogP contribution in [0.2, 0.25) is 0 Å². The average molecular weight is 449 g/mol. The van der Waals surface area contributed by atoms with Crippen molar-refractivity contribution in [2.75, 3.05) is 18.7 Å². The summed E-state index contributed by atoms with van der Waals surface area (Å²) in [4.78, 5) is 28.8. The van der Waals surface area contributed by atoms with E-state index < -0.39 is 0 Å². The molecule has 0 bridgehead atoms. The predicted octanol–water partition coefficient (Wildman–Crippen LogP) is 4.73. The molecule has 2 aromatic rings. The zero-order chi connectivity index (χ0) is 22.8. The molecule has 1 fully saturated rings. The van der Waals surface area contributed by atoms with Gasteiger partial charge in [0.2, 0.25) is 6.79 Å². The van der Waals surface area contributed by atoms with Crippen molar-refractivity contribution in [1.82, 2.24) is 4.90 Å². The summed E-state index contributed by atoms with van der Waals surface area (Å²) in [7, 11) is 0. The first-order chi connectivity index (χ1) is 16.2. The normalized spacial score (nSPS) is 18.6. The van der Waals surface area contributed by atoms with Crippen LogP contribution in [0, 0.1) is 0 Å². The van der Waals surface area contributed by atoms with Gasteiger partial charge in [-0.1, -0.05) is 37.8 Å². The Balaban J connectivity index is 1.51. The number of ether oxygens (including phenoxy) is 3. The lowest BCUT2D eigenvalue weighted by Gasteiger charge is -2.25. The fraction of sp³-hybridized carbons (Fsp3) is 0.385. The lowest BCUT2D eigenvalue weighted by atomic mass is 10.0. The SMILES string of the molecule is CCOc1ccc(C2=C(Nc3ccc4c(c3)OCO4)C(=O)N(C3CCCCCC3)C2=O)cc1. The second-order valence-electron chi connectivity index (χ2n) is 8.53. The second kappa shape index (κ2) is 9.17. The van der Waals surface area contributed by atoms with E-state index >= 15 is 0 Å². The number of benzene rings is 2. The van der Waals surface area contributed by atoms with Gasteiger partial charge in [-0.25, -0.2) is 0 Å². The van der Waals surface area contributed by atoms with Crippen molar-refractivity contribution in [2.45, 2.75) is 51.5 Å². The Bertz CT molecular complexity index is 1080. The van der Waals surface area contributed by atoms with Crippen molar-refractivity contribution in [3.05, 3.63) is 53.7 Å². The van der Waals surface area contributed by atoms with Gasteiger partial charge in [-0.2, -0.15) is 0 Å². The number of nitrogens with zero attached hydrogens (tertiary/aromatic N) is 1. The average Bonchev–Trinajstić information content (AvgIpc) is 3.25. The van der Waals surface area contributed by atoms with Crippen molar-refractivity contribution < 1.29 is 23.8 Å². The zero-order valence-corrected chi connectivity index (χ0v) is 18.8. The van der Waals surface area contributed by atoms with Gasteiger partial charge in [-0.15, -0.1) is 0 Å². The summed E-state index contributed by atoms with van der Waals surface area (Å²) < 4.78 is 16.4. The molecular weight excluding hydrogens is 420 g/mol. The Hall–Kier alpha value is -3.48. The van der Waals surface area contributed by atoms with Crippen molar-refractivity contribution in [3.63, 3.8) is 0 Å². The van der Waals surface area contributed by atoms with E-state index in [1.54, 1.807) is 12.1 Å². The Morgan fingerprint density at radius 1 is 0.939 bits per heavy atom. The third-order valence-electron chi connectivity index (χ3n) is 6.40. The summed E-state index contributed by atoms with van der Waals surface area (Å²) in [6.07, 6.45) is 6.06. The van der Waals surface area contributed by atoms with Gasteiger partial charge in [-0.05, 0) is 49.6 Å². The highest BCUT2D eigenvalue weighted by molar-refractivity contribution is 6.36. The summed E-state index contributed by atoms with van der Waals surface area (Å²) in [5.41, 5.74) is 2.05. The summed E-state index contributed by atoms with van der Waals surface area (Å²) in [6.45, 7) is 2.66. The zero-order valence-electron chi connectivity index (χ0n) is 18.8. The number of carbonyl (C=O) groups is 2. The molecule has 172 valence electrons. The van der Waals surface area contributed by atoms with Crippen molar-refractivity contribution in [2.24, 2.45) is 0 Å². The lowest BCUT2D eigenvalue weighted by Crippen LogP contribution is -2.41. The first-order valence-electron chi connectivity index (χ1n) is 11.7. The van der Waals surface area contributed by atoms with Crippen LogP contribution in [0.5, 0.6) is 17.2 Å². The number of amides is 2. The third-order valence-corrected chi connectivity index (χ3v) is 6.40. The molecule has 0 radical (unpaired) electrons. The molecule has 0 unspecified atom stereocenters. The maximum Gasteiger partial charge on any atom is 0.278 e. The fourth-order valence-electron chi connectivity index (χ4n) is 4.78. The quantitative estimate of drug-likeness (QED) is 0.509. The van der Waals surface area contributed by atoms with E-state index in [1.807, 2.05) is 37.3 Å². The van der Waals surface area contributed by atoms with Gasteiger partial charge in [0.05, 0.1) is 12.2 Å². The fourth-order valence-corrected chi connectivity index (χ4v) is 4.78. The van der Waals surface area contributed by atoms with Crippen LogP contribution in [0.3, 0.4) is 0 Å². The van der Waals surface area contributed by atoms with Gasteiger partial charge in [0.1, 0.15) is 11.4 Å².